The van der Waals surface area contributed by atoms with Gasteiger partial charge in [0.05, 0.1) is 18.0 Å². The molecule has 146 valence electrons. The van der Waals surface area contributed by atoms with Crippen molar-refractivity contribution in [1.29, 1.82) is 0 Å². The standard InChI is InChI=1S/C21H23N3O3S/c1-22-19-4-2-3-17(24-19)9-11-27-18-7-5-15(6-8-18)13-16(14-20(25)26)21-23-10-12-28-21/h2-8,10,12,16H,9,11,13-14H2,1H3,(H,22,24)(H,25,26)/t16-/m0/s1. The molecule has 0 fully saturated rings. The molecule has 7 heteroatoms. The third-order valence-electron chi connectivity index (χ3n) is 4.32. The largest absolute Gasteiger partial charge is 0.493 e. The number of thiazole rings is 1. The highest BCUT2D eigenvalue weighted by atomic mass is 32.1. The van der Waals surface area contributed by atoms with E-state index in [1.54, 1.807) is 6.20 Å². The van der Waals surface area contributed by atoms with Crippen molar-refractivity contribution in [3.05, 3.63) is 70.3 Å². The molecule has 3 rings (SSSR count). The van der Waals surface area contributed by atoms with Crippen LogP contribution in [0.2, 0.25) is 0 Å². The Labute approximate surface area is 168 Å². The topological polar surface area (TPSA) is 84.3 Å². The van der Waals surface area contributed by atoms with E-state index in [4.69, 9.17) is 4.74 Å². The van der Waals surface area contributed by atoms with Gasteiger partial charge in [0, 0.05) is 36.7 Å². The lowest BCUT2D eigenvalue weighted by molar-refractivity contribution is -0.137. The molecule has 0 aliphatic rings. The van der Waals surface area contributed by atoms with E-state index in [1.165, 1.54) is 11.3 Å². The average Bonchev–Trinajstić information content (AvgIpc) is 3.23. The molecule has 0 spiro atoms. The molecule has 0 amide bonds. The second kappa shape index (κ2) is 9.85. The Morgan fingerprint density at radius 3 is 2.75 bits per heavy atom. The first-order valence-corrected chi connectivity index (χ1v) is 9.98. The van der Waals surface area contributed by atoms with Gasteiger partial charge >= 0.3 is 5.97 Å². The van der Waals surface area contributed by atoms with Gasteiger partial charge in [0.15, 0.2) is 0 Å². The van der Waals surface area contributed by atoms with Gasteiger partial charge in [0.2, 0.25) is 0 Å². The predicted molar refractivity (Wildman–Crippen MR) is 110 cm³/mol. The lowest BCUT2D eigenvalue weighted by Crippen LogP contribution is -2.09. The lowest BCUT2D eigenvalue weighted by atomic mass is 9.97. The zero-order chi connectivity index (χ0) is 19.8. The van der Waals surface area contributed by atoms with Crippen LogP contribution in [0, 0.1) is 0 Å². The minimum atomic E-state index is -0.809. The maximum absolute atomic E-state index is 11.2. The maximum atomic E-state index is 11.2. The number of rotatable bonds is 10. The molecule has 2 aromatic heterocycles. The Bertz CT molecular complexity index is 882. The van der Waals surface area contributed by atoms with Crippen molar-refractivity contribution < 1.29 is 14.6 Å². The molecule has 2 N–H and O–H groups in total. The second-order valence-electron chi connectivity index (χ2n) is 6.38. The zero-order valence-corrected chi connectivity index (χ0v) is 16.5. The van der Waals surface area contributed by atoms with Crippen LogP contribution in [0.15, 0.2) is 54.0 Å². The molecule has 1 aromatic carbocycles. The van der Waals surface area contributed by atoms with Gasteiger partial charge in [-0.1, -0.05) is 18.2 Å². The summed E-state index contributed by atoms with van der Waals surface area (Å²) in [5, 5.41) is 14.9. The van der Waals surface area contributed by atoms with E-state index in [1.807, 2.05) is 54.9 Å². The van der Waals surface area contributed by atoms with E-state index in [0.29, 0.717) is 13.0 Å². The summed E-state index contributed by atoms with van der Waals surface area (Å²) >= 11 is 1.50. The highest BCUT2D eigenvalue weighted by Gasteiger charge is 2.18. The van der Waals surface area contributed by atoms with Gasteiger partial charge in [-0.15, -0.1) is 11.3 Å². The van der Waals surface area contributed by atoms with Gasteiger partial charge < -0.3 is 15.2 Å². The van der Waals surface area contributed by atoms with Crippen LogP contribution < -0.4 is 10.1 Å². The number of hydrogen-bond donors (Lipinski definition) is 2. The van der Waals surface area contributed by atoms with Crippen LogP contribution >= 0.6 is 11.3 Å². The number of aliphatic carboxylic acids is 1. The molecule has 0 aliphatic carbocycles. The monoisotopic (exact) mass is 397 g/mol. The van der Waals surface area contributed by atoms with E-state index in [0.717, 1.165) is 34.3 Å². The third kappa shape index (κ3) is 5.79. The van der Waals surface area contributed by atoms with E-state index in [2.05, 4.69) is 15.3 Å². The molecule has 6 nitrogen and oxygen atoms in total. The number of carboxylic acids is 1. The summed E-state index contributed by atoms with van der Waals surface area (Å²) in [5.74, 6) is 0.710. The molecule has 0 aliphatic heterocycles. The van der Waals surface area contributed by atoms with E-state index in [-0.39, 0.29) is 12.3 Å². The van der Waals surface area contributed by atoms with Gasteiger partial charge in [-0.2, -0.15) is 0 Å². The average molecular weight is 398 g/mol. The number of nitrogens with zero attached hydrogens (tertiary/aromatic N) is 2. The van der Waals surface area contributed by atoms with Gasteiger partial charge in [-0.05, 0) is 36.2 Å². The fourth-order valence-corrected chi connectivity index (χ4v) is 3.67. The second-order valence-corrected chi connectivity index (χ2v) is 7.30. The van der Waals surface area contributed by atoms with Crippen molar-refractivity contribution in [3.8, 4) is 5.75 Å². The van der Waals surface area contributed by atoms with Crippen LogP contribution in [0.4, 0.5) is 5.82 Å². The van der Waals surface area contributed by atoms with E-state index < -0.39 is 5.97 Å². The highest BCUT2D eigenvalue weighted by molar-refractivity contribution is 7.09. The molecular weight excluding hydrogens is 374 g/mol. The number of carbonyl (C=O) groups is 1. The molecule has 28 heavy (non-hydrogen) atoms. The van der Waals surface area contributed by atoms with E-state index in [9.17, 15) is 9.90 Å². The smallest absolute Gasteiger partial charge is 0.304 e. The van der Waals surface area contributed by atoms with Crippen molar-refractivity contribution in [2.75, 3.05) is 19.0 Å². The number of aromatic nitrogens is 2. The Morgan fingerprint density at radius 1 is 1.25 bits per heavy atom. The summed E-state index contributed by atoms with van der Waals surface area (Å²) in [4.78, 5) is 19.9. The quantitative estimate of drug-likeness (QED) is 0.538. The molecule has 0 saturated carbocycles. The molecule has 0 radical (unpaired) electrons. The molecule has 1 atom stereocenters. The highest BCUT2D eigenvalue weighted by Crippen LogP contribution is 2.27. The zero-order valence-electron chi connectivity index (χ0n) is 15.7. The maximum Gasteiger partial charge on any atom is 0.304 e. The number of anilines is 1. The van der Waals surface area contributed by atoms with Gasteiger partial charge in [0.1, 0.15) is 11.6 Å². The Morgan fingerprint density at radius 2 is 2.07 bits per heavy atom. The summed E-state index contributed by atoms with van der Waals surface area (Å²) < 4.78 is 5.82. The normalized spacial score (nSPS) is 11.8. The number of carboxylic acid groups (broad SMARTS) is 1. The van der Waals surface area contributed by atoms with Gasteiger partial charge in [0.25, 0.3) is 0 Å². The Balaban J connectivity index is 1.54. The van der Waals surface area contributed by atoms with Crippen LogP contribution in [-0.4, -0.2) is 34.7 Å². The number of hydrogen-bond acceptors (Lipinski definition) is 6. The summed E-state index contributed by atoms with van der Waals surface area (Å²) in [6.45, 7) is 0.542. The molecular formula is C21H23N3O3S. The van der Waals surface area contributed by atoms with Crippen molar-refractivity contribution in [1.82, 2.24) is 9.97 Å². The first-order valence-electron chi connectivity index (χ1n) is 9.10. The summed E-state index contributed by atoms with van der Waals surface area (Å²) in [7, 11) is 1.85. The third-order valence-corrected chi connectivity index (χ3v) is 5.26. The van der Waals surface area contributed by atoms with Crippen LogP contribution in [0.5, 0.6) is 5.75 Å². The van der Waals surface area contributed by atoms with Gasteiger partial charge in [-0.3, -0.25) is 4.79 Å². The first-order chi connectivity index (χ1) is 13.6. The molecule has 2 heterocycles. The fraction of sp³-hybridized carbons (Fsp3) is 0.286. The SMILES string of the molecule is CNc1cccc(CCOc2ccc(C[C@@H](CC(=O)O)c3nccs3)cc2)n1. The first kappa shape index (κ1) is 19.8. The summed E-state index contributed by atoms with van der Waals surface area (Å²) in [6, 6.07) is 13.7. The van der Waals surface area contributed by atoms with Crippen LogP contribution in [0.1, 0.15) is 28.6 Å². The number of pyridine rings is 1. The number of benzene rings is 1. The van der Waals surface area contributed by atoms with Crippen molar-refractivity contribution in [2.24, 2.45) is 0 Å². The van der Waals surface area contributed by atoms with Crippen LogP contribution in [-0.2, 0) is 17.6 Å². The fourth-order valence-electron chi connectivity index (χ4n) is 2.93. The van der Waals surface area contributed by atoms with Crippen molar-refractivity contribution in [2.45, 2.75) is 25.2 Å². The Kier molecular flexibility index (Phi) is 6.97. The van der Waals surface area contributed by atoms with Crippen molar-refractivity contribution >= 4 is 23.1 Å². The van der Waals surface area contributed by atoms with Crippen LogP contribution in [0.25, 0.3) is 0 Å². The lowest BCUT2D eigenvalue weighted by Gasteiger charge is -2.13. The minimum absolute atomic E-state index is 0.0739. The number of ether oxygens (including phenoxy) is 1. The molecule has 0 unspecified atom stereocenters. The van der Waals surface area contributed by atoms with Gasteiger partial charge in [-0.25, -0.2) is 9.97 Å². The molecule has 0 bridgehead atoms. The molecule has 0 saturated heterocycles. The molecule has 3 aromatic rings. The predicted octanol–water partition coefficient (Wildman–Crippen LogP) is 4.00. The summed E-state index contributed by atoms with van der Waals surface area (Å²) in [6.07, 6.45) is 3.15. The van der Waals surface area contributed by atoms with Crippen LogP contribution in [0.3, 0.4) is 0 Å². The van der Waals surface area contributed by atoms with E-state index >= 15 is 0 Å². The van der Waals surface area contributed by atoms with Crippen molar-refractivity contribution in [3.63, 3.8) is 0 Å². The minimum Gasteiger partial charge on any atom is -0.493 e. The Hall–Kier alpha value is -2.93. The summed E-state index contributed by atoms with van der Waals surface area (Å²) in [5.41, 5.74) is 2.04. The number of nitrogens with one attached hydrogen (secondary N) is 1.